The van der Waals surface area contributed by atoms with Gasteiger partial charge in [-0.1, -0.05) is 24.3 Å². The van der Waals surface area contributed by atoms with Gasteiger partial charge in [-0.05, 0) is 33.6 Å². The Morgan fingerprint density at radius 2 is 1.82 bits per heavy atom. The van der Waals surface area contributed by atoms with Crippen molar-refractivity contribution >= 4 is 27.9 Å². The molecule has 0 fully saturated rings. The van der Waals surface area contributed by atoms with Gasteiger partial charge < -0.3 is 5.73 Å². The Labute approximate surface area is 106 Å². The maximum Gasteiger partial charge on any atom is 0.150 e. The number of halogens is 2. The zero-order valence-electron chi connectivity index (χ0n) is 8.78. The lowest BCUT2D eigenvalue weighted by molar-refractivity contribution is 0.112. The van der Waals surface area contributed by atoms with E-state index in [1.165, 1.54) is 6.07 Å². The van der Waals surface area contributed by atoms with Crippen molar-refractivity contribution < 1.29 is 9.18 Å². The van der Waals surface area contributed by atoms with E-state index in [0.717, 1.165) is 6.29 Å². The second-order valence-corrected chi connectivity index (χ2v) is 4.46. The van der Waals surface area contributed by atoms with Gasteiger partial charge in [-0.25, -0.2) is 4.39 Å². The summed E-state index contributed by atoms with van der Waals surface area (Å²) in [5.74, 6) is -0.363. The minimum Gasteiger partial charge on any atom is -0.399 e. The number of rotatable bonds is 2. The van der Waals surface area contributed by atoms with Crippen molar-refractivity contribution in [3.05, 3.63) is 52.3 Å². The largest absolute Gasteiger partial charge is 0.399 e. The quantitative estimate of drug-likeness (QED) is 0.678. The first-order chi connectivity index (χ1) is 8.11. The van der Waals surface area contributed by atoms with Crippen LogP contribution in [0.15, 0.2) is 40.9 Å². The van der Waals surface area contributed by atoms with E-state index >= 15 is 0 Å². The molecule has 4 heteroatoms. The van der Waals surface area contributed by atoms with E-state index in [-0.39, 0.29) is 5.82 Å². The standard InChI is InChI=1S/C13H9BrFNO/c14-12-6-10(16)5-11(13(12)15)9-3-1-8(7-17)2-4-9/h1-7H,16H2. The number of nitrogen functional groups attached to an aromatic ring is 1. The molecule has 17 heavy (non-hydrogen) atoms. The molecule has 2 N–H and O–H groups in total. The minimum absolute atomic E-state index is 0.326. The van der Waals surface area contributed by atoms with Gasteiger partial charge in [0.15, 0.2) is 0 Å². The SMILES string of the molecule is Nc1cc(Br)c(F)c(-c2ccc(C=O)cc2)c1. The highest BCUT2D eigenvalue weighted by Gasteiger charge is 2.09. The van der Waals surface area contributed by atoms with Gasteiger partial charge in [-0.15, -0.1) is 0 Å². The lowest BCUT2D eigenvalue weighted by atomic mass is 10.0. The summed E-state index contributed by atoms with van der Waals surface area (Å²) in [7, 11) is 0. The molecule has 2 rings (SSSR count). The molecule has 0 saturated heterocycles. The van der Waals surface area contributed by atoms with Gasteiger partial charge in [-0.3, -0.25) is 4.79 Å². The topological polar surface area (TPSA) is 43.1 Å². The fourth-order valence-electron chi connectivity index (χ4n) is 1.56. The number of nitrogens with two attached hydrogens (primary N) is 1. The summed E-state index contributed by atoms with van der Waals surface area (Å²) in [5, 5.41) is 0. The summed E-state index contributed by atoms with van der Waals surface area (Å²) in [4.78, 5) is 10.5. The molecule has 0 atom stereocenters. The van der Waals surface area contributed by atoms with Crippen molar-refractivity contribution in [1.29, 1.82) is 0 Å². The van der Waals surface area contributed by atoms with Crippen LogP contribution in [0.2, 0.25) is 0 Å². The van der Waals surface area contributed by atoms with Gasteiger partial charge in [0, 0.05) is 16.8 Å². The Hall–Kier alpha value is -1.68. The number of hydrogen-bond acceptors (Lipinski definition) is 2. The van der Waals surface area contributed by atoms with Crippen molar-refractivity contribution in [3.63, 3.8) is 0 Å². The molecule has 0 radical (unpaired) electrons. The molecular formula is C13H9BrFNO. The summed E-state index contributed by atoms with van der Waals surface area (Å²) >= 11 is 3.11. The molecule has 0 unspecified atom stereocenters. The zero-order chi connectivity index (χ0) is 12.4. The van der Waals surface area contributed by atoms with Crippen molar-refractivity contribution in [3.8, 4) is 11.1 Å². The predicted octanol–water partition coefficient (Wildman–Crippen LogP) is 3.65. The highest BCUT2D eigenvalue weighted by atomic mass is 79.9. The van der Waals surface area contributed by atoms with Crippen LogP contribution in [0, 0.1) is 5.82 Å². The van der Waals surface area contributed by atoms with Gasteiger partial charge in [0.25, 0.3) is 0 Å². The number of benzene rings is 2. The number of anilines is 1. The molecule has 0 bridgehead atoms. The Kier molecular flexibility index (Phi) is 3.24. The van der Waals surface area contributed by atoms with E-state index in [9.17, 15) is 9.18 Å². The molecule has 2 aromatic carbocycles. The fraction of sp³-hybridized carbons (Fsp3) is 0. The monoisotopic (exact) mass is 293 g/mol. The number of carbonyl (C=O) groups excluding carboxylic acids is 1. The normalized spacial score (nSPS) is 10.2. The van der Waals surface area contributed by atoms with Crippen molar-refractivity contribution in [1.82, 2.24) is 0 Å². The molecule has 0 amide bonds. The average Bonchev–Trinajstić information content (AvgIpc) is 2.34. The van der Waals surface area contributed by atoms with Gasteiger partial charge in [-0.2, -0.15) is 0 Å². The highest BCUT2D eigenvalue weighted by molar-refractivity contribution is 9.10. The number of carbonyl (C=O) groups is 1. The Balaban J connectivity index is 2.55. The molecule has 86 valence electrons. The lowest BCUT2D eigenvalue weighted by Gasteiger charge is -2.07. The second-order valence-electron chi connectivity index (χ2n) is 3.60. The van der Waals surface area contributed by atoms with E-state index in [1.807, 2.05) is 0 Å². The summed E-state index contributed by atoms with van der Waals surface area (Å²) in [6, 6.07) is 9.73. The Morgan fingerprint density at radius 3 is 2.41 bits per heavy atom. The van der Waals surface area contributed by atoms with Crippen LogP contribution in [-0.4, -0.2) is 6.29 Å². The molecule has 2 nitrogen and oxygen atoms in total. The second kappa shape index (κ2) is 4.67. The molecule has 0 aliphatic rings. The first-order valence-electron chi connectivity index (χ1n) is 4.92. The van der Waals surface area contributed by atoms with Crippen LogP contribution in [0.3, 0.4) is 0 Å². The van der Waals surface area contributed by atoms with E-state index < -0.39 is 0 Å². The molecular weight excluding hydrogens is 285 g/mol. The minimum atomic E-state index is -0.363. The van der Waals surface area contributed by atoms with Crippen LogP contribution in [0.25, 0.3) is 11.1 Å². The number of aldehydes is 1. The third-order valence-corrected chi connectivity index (χ3v) is 2.99. The third-order valence-electron chi connectivity index (χ3n) is 2.41. The van der Waals surface area contributed by atoms with Gasteiger partial charge in [0.1, 0.15) is 12.1 Å². The molecule has 0 saturated carbocycles. The first-order valence-corrected chi connectivity index (χ1v) is 5.71. The van der Waals surface area contributed by atoms with Crippen molar-refractivity contribution in [2.45, 2.75) is 0 Å². The summed E-state index contributed by atoms with van der Waals surface area (Å²) in [5.41, 5.74) is 7.79. The number of hydrogen-bond donors (Lipinski definition) is 1. The Bertz CT molecular complexity index is 566. The van der Waals surface area contributed by atoms with Crippen molar-refractivity contribution in [2.75, 3.05) is 5.73 Å². The van der Waals surface area contributed by atoms with E-state index in [1.54, 1.807) is 30.3 Å². The van der Waals surface area contributed by atoms with Crippen molar-refractivity contribution in [2.24, 2.45) is 0 Å². The van der Waals surface area contributed by atoms with Crippen LogP contribution in [-0.2, 0) is 0 Å². The molecule has 0 aliphatic carbocycles. The van der Waals surface area contributed by atoms with Crippen LogP contribution in [0.5, 0.6) is 0 Å². The summed E-state index contributed by atoms with van der Waals surface area (Å²) in [6.45, 7) is 0. The van der Waals surface area contributed by atoms with Gasteiger partial charge >= 0.3 is 0 Å². The van der Waals surface area contributed by atoms with Crippen LogP contribution < -0.4 is 5.73 Å². The maximum atomic E-state index is 13.9. The van der Waals surface area contributed by atoms with Gasteiger partial charge in [0.2, 0.25) is 0 Å². The van der Waals surface area contributed by atoms with Gasteiger partial charge in [0.05, 0.1) is 4.47 Å². The summed E-state index contributed by atoms with van der Waals surface area (Å²) < 4.78 is 14.2. The van der Waals surface area contributed by atoms with E-state index in [2.05, 4.69) is 15.9 Å². The van der Waals surface area contributed by atoms with E-state index in [0.29, 0.717) is 26.9 Å². The maximum absolute atomic E-state index is 13.9. The fourth-order valence-corrected chi connectivity index (χ4v) is 2.04. The van der Waals surface area contributed by atoms with Crippen LogP contribution in [0.1, 0.15) is 10.4 Å². The summed E-state index contributed by atoms with van der Waals surface area (Å²) in [6.07, 6.45) is 0.745. The lowest BCUT2D eigenvalue weighted by Crippen LogP contribution is -1.92. The smallest absolute Gasteiger partial charge is 0.150 e. The third kappa shape index (κ3) is 2.36. The Morgan fingerprint density at radius 1 is 1.18 bits per heavy atom. The molecule has 0 spiro atoms. The van der Waals surface area contributed by atoms with Crippen LogP contribution in [0.4, 0.5) is 10.1 Å². The molecule has 2 aromatic rings. The highest BCUT2D eigenvalue weighted by Crippen LogP contribution is 2.30. The molecule has 0 heterocycles. The average molecular weight is 294 g/mol. The van der Waals surface area contributed by atoms with Crippen LogP contribution >= 0.6 is 15.9 Å². The molecule has 0 aromatic heterocycles. The zero-order valence-corrected chi connectivity index (χ0v) is 10.4. The van der Waals surface area contributed by atoms with E-state index in [4.69, 9.17) is 5.73 Å². The predicted molar refractivity (Wildman–Crippen MR) is 69.3 cm³/mol. The first kappa shape index (κ1) is 11.8. The molecule has 0 aliphatic heterocycles.